The Morgan fingerprint density at radius 2 is 2.00 bits per heavy atom. The molecule has 1 aliphatic rings. The third kappa shape index (κ3) is 2.97. The van der Waals surface area contributed by atoms with E-state index >= 15 is 0 Å². The highest BCUT2D eigenvalue weighted by Crippen LogP contribution is 2.06. The highest BCUT2D eigenvalue weighted by Gasteiger charge is 2.19. The van der Waals surface area contributed by atoms with Gasteiger partial charge in [0.25, 0.3) is 0 Å². The molecule has 13 heavy (non-hydrogen) atoms. The van der Waals surface area contributed by atoms with Crippen molar-refractivity contribution in [3.63, 3.8) is 0 Å². The van der Waals surface area contributed by atoms with E-state index in [-0.39, 0.29) is 0 Å². The summed E-state index contributed by atoms with van der Waals surface area (Å²) in [5.41, 5.74) is 5.50. The van der Waals surface area contributed by atoms with Crippen molar-refractivity contribution in [2.24, 2.45) is 5.73 Å². The van der Waals surface area contributed by atoms with Gasteiger partial charge in [0.1, 0.15) is 0 Å². The first-order valence-corrected chi connectivity index (χ1v) is 4.91. The van der Waals surface area contributed by atoms with E-state index in [0.717, 1.165) is 45.6 Å². The number of carbonyl (C=O) groups excluding carboxylic acids is 1. The lowest BCUT2D eigenvalue weighted by Gasteiger charge is -2.36. The van der Waals surface area contributed by atoms with Crippen LogP contribution in [-0.2, 0) is 4.79 Å². The zero-order valence-corrected chi connectivity index (χ0v) is 8.28. The zero-order chi connectivity index (χ0) is 9.68. The van der Waals surface area contributed by atoms with Crippen LogP contribution in [0.4, 0.5) is 0 Å². The van der Waals surface area contributed by atoms with Crippen molar-refractivity contribution in [3.8, 4) is 0 Å². The van der Waals surface area contributed by atoms with Crippen LogP contribution in [0.5, 0.6) is 0 Å². The molecule has 76 valence electrons. The van der Waals surface area contributed by atoms with E-state index in [0.29, 0.717) is 6.04 Å². The number of hydrogen-bond acceptors (Lipinski definition) is 3. The monoisotopic (exact) mass is 185 g/mol. The van der Waals surface area contributed by atoms with Gasteiger partial charge >= 0.3 is 0 Å². The Bertz CT molecular complexity index is 155. The van der Waals surface area contributed by atoms with Gasteiger partial charge in [0.05, 0.1) is 0 Å². The largest absolute Gasteiger partial charge is 0.343 e. The molecule has 1 amide bonds. The normalized spacial score (nSPS) is 21.5. The van der Waals surface area contributed by atoms with Gasteiger partial charge in [-0.15, -0.1) is 0 Å². The summed E-state index contributed by atoms with van der Waals surface area (Å²) in [5, 5.41) is 0. The van der Waals surface area contributed by atoms with E-state index in [9.17, 15) is 4.79 Å². The Kier molecular flexibility index (Phi) is 4.18. The SMILES string of the molecule is CC(CCN)N1CCN(C=O)CC1. The molecule has 1 fully saturated rings. The smallest absolute Gasteiger partial charge is 0.209 e. The Hall–Kier alpha value is -0.610. The minimum absolute atomic E-state index is 0.554. The average molecular weight is 185 g/mol. The maximum absolute atomic E-state index is 10.4. The van der Waals surface area contributed by atoms with E-state index < -0.39 is 0 Å². The van der Waals surface area contributed by atoms with Crippen molar-refractivity contribution < 1.29 is 4.79 Å². The lowest BCUT2D eigenvalue weighted by molar-refractivity contribution is -0.120. The van der Waals surface area contributed by atoms with Gasteiger partial charge in [-0.3, -0.25) is 9.69 Å². The van der Waals surface area contributed by atoms with Gasteiger partial charge in [-0.1, -0.05) is 0 Å². The van der Waals surface area contributed by atoms with E-state index in [2.05, 4.69) is 11.8 Å². The molecule has 1 atom stereocenters. The highest BCUT2D eigenvalue weighted by molar-refractivity contribution is 5.47. The molecule has 1 saturated heterocycles. The number of carbonyl (C=O) groups is 1. The molecule has 0 bridgehead atoms. The molecule has 0 aliphatic carbocycles. The summed E-state index contributed by atoms with van der Waals surface area (Å²) >= 11 is 0. The molecule has 1 rings (SSSR count). The molecule has 0 saturated carbocycles. The summed E-state index contributed by atoms with van der Waals surface area (Å²) in [6.07, 6.45) is 1.98. The molecule has 1 aliphatic heterocycles. The number of nitrogens with two attached hydrogens (primary N) is 1. The third-order valence-electron chi connectivity index (χ3n) is 2.71. The molecule has 1 unspecified atom stereocenters. The number of amides is 1. The van der Waals surface area contributed by atoms with Crippen LogP contribution in [0.15, 0.2) is 0 Å². The first kappa shape index (κ1) is 10.5. The Morgan fingerprint density at radius 1 is 1.38 bits per heavy atom. The molecular formula is C9H19N3O. The minimum atomic E-state index is 0.554. The number of nitrogens with zero attached hydrogens (tertiary/aromatic N) is 2. The predicted molar refractivity (Wildman–Crippen MR) is 52.3 cm³/mol. The molecule has 0 aromatic heterocycles. The summed E-state index contributed by atoms with van der Waals surface area (Å²) in [6.45, 7) is 6.63. The Labute approximate surface area is 79.7 Å². The second-order valence-electron chi connectivity index (χ2n) is 3.60. The lowest BCUT2D eigenvalue weighted by atomic mass is 10.2. The van der Waals surface area contributed by atoms with Gasteiger partial charge in [-0.25, -0.2) is 0 Å². The Balaban J connectivity index is 2.27. The van der Waals surface area contributed by atoms with Crippen LogP contribution in [0.25, 0.3) is 0 Å². The maximum atomic E-state index is 10.4. The van der Waals surface area contributed by atoms with Crippen molar-refractivity contribution in [2.75, 3.05) is 32.7 Å². The van der Waals surface area contributed by atoms with Crippen LogP contribution in [0.3, 0.4) is 0 Å². The summed E-state index contributed by atoms with van der Waals surface area (Å²) < 4.78 is 0. The maximum Gasteiger partial charge on any atom is 0.209 e. The quantitative estimate of drug-likeness (QED) is 0.601. The topological polar surface area (TPSA) is 49.6 Å². The molecule has 0 aromatic carbocycles. The molecule has 0 aromatic rings. The summed E-state index contributed by atoms with van der Waals surface area (Å²) in [4.78, 5) is 14.7. The van der Waals surface area contributed by atoms with E-state index in [1.165, 1.54) is 0 Å². The molecule has 4 nitrogen and oxygen atoms in total. The van der Waals surface area contributed by atoms with Gasteiger partial charge in [0.15, 0.2) is 0 Å². The second-order valence-corrected chi connectivity index (χ2v) is 3.60. The summed E-state index contributed by atoms with van der Waals surface area (Å²) in [6, 6.07) is 0.554. The molecule has 1 heterocycles. The highest BCUT2D eigenvalue weighted by atomic mass is 16.1. The van der Waals surface area contributed by atoms with Gasteiger partial charge in [-0.2, -0.15) is 0 Å². The standard InChI is InChI=1S/C9H19N3O/c1-9(2-3-10)12-6-4-11(8-13)5-7-12/h8-9H,2-7,10H2,1H3. The fourth-order valence-electron chi connectivity index (χ4n) is 1.71. The fraction of sp³-hybridized carbons (Fsp3) is 0.889. The third-order valence-corrected chi connectivity index (χ3v) is 2.71. The van der Waals surface area contributed by atoms with Crippen LogP contribution in [0.2, 0.25) is 0 Å². The van der Waals surface area contributed by atoms with Crippen molar-refractivity contribution in [1.29, 1.82) is 0 Å². The molecule has 0 spiro atoms. The first-order chi connectivity index (χ1) is 6.27. The van der Waals surface area contributed by atoms with E-state index in [1.807, 2.05) is 4.90 Å². The predicted octanol–water partition coefficient (Wildman–Crippen LogP) is -0.502. The van der Waals surface area contributed by atoms with Crippen LogP contribution in [-0.4, -0.2) is 55.0 Å². The van der Waals surface area contributed by atoms with Gasteiger partial charge in [0.2, 0.25) is 6.41 Å². The number of piperazine rings is 1. The molecular weight excluding hydrogens is 166 g/mol. The van der Waals surface area contributed by atoms with Crippen LogP contribution in [0, 0.1) is 0 Å². The fourth-order valence-corrected chi connectivity index (χ4v) is 1.71. The van der Waals surface area contributed by atoms with Gasteiger partial charge in [-0.05, 0) is 19.9 Å². The van der Waals surface area contributed by atoms with Gasteiger partial charge in [0, 0.05) is 32.2 Å². The van der Waals surface area contributed by atoms with Crippen LogP contribution >= 0.6 is 0 Å². The van der Waals surface area contributed by atoms with Crippen molar-refractivity contribution >= 4 is 6.41 Å². The minimum Gasteiger partial charge on any atom is -0.343 e. The molecule has 2 N–H and O–H groups in total. The van der Waals surface area contributed by atoms with Gasteiger partial charge < -0.3 is 10.6 Å². The van der Waals surface area contributed by atoms with Crippen LogP contribution in [0.1, 0.15) is 13.3 Å². The van der Waals surface area contributed by atoms with Crippen molar-refractivity contribution in [3.05, 3.63) is 0 Å². The summed E-state index contributed by atoms with van der Waals surface area (Å²) in [5.74, 6) is 0. The second kappa shape index (κ2) is 5.19. The van der Waals surface area contributed by atoms with Crippen molar-refractivity contribution in [2.45, 2.75) is 19.4 Å². The molecule has 0 radical (unpaired) electrons. The van der Waals surface area contributed by atoms with Crippen LogP contribution < -0.4 is 5.73 Å². The van der Waals surface area contributed by atoms with E-state index in [1.54, 1.807) is 0 Å². The first-order valence-electron chi connectivity index (χ1n) is 4.91. The van der Waals surface area contributed by atoms with Crippen molar-refractivity contribution in [1.82, 2.24) is 9.80 Å². The summed E-state index contributed by atoms with van der Waals surface area (Å²) in [7, 11) is 0. The number of hydrogen-bond donors (Lipinski definition) is 1. The zero-order valence-electron chi connectivity index (χ0n) is 8.28. The lowest BCUT2D eigenvalue weighted by Crippen LogP contribution is -2.49. The number of rotatable bonds is 4. The van der Waals surface area contributed by atoms with E-state index in [4.69, 9.17) is 5.73 Å². The molecule has 4 heteroatoms. The average Bonchev–Trinajstić information content (AvgIpc) is 2.18. The Morgan fingerprint density at radius 3 is 2.46 bits per heavy atom.